The molecule has 2 aromatic carbocycles. The molecule has 1 saturated carbocycles. The molecule has 0 bridgehead atoms. The maximum absolute atomic E-state index is 13.4. The van der Waals surface area contributed by atoms with Gasteiger partial charge in [-0.3, -0.25) is 4.79 Å². The molecule has 4 rings (SSSR count). The van der Waals surface area contributed by atoms with E-state index in [4.69, 9.17) is 9.94 Å². The summed E-state index contributed by atoms with van der Waals surface area (Å²) in [6.45, 7) is 7.91. The lowest BCUT2D eigenvalue weighted by Crippen LogP contribution is -2.99. The van der Waals surface area contributed by atoms with Crippen LogP contribution in [0.1, 0.15) is 70.1 Å². The predicted octanol–water partition coefficient (Wildman–Crippen LogP) is 3.93. The van der Waals surface area contributed by atoms with Crippen LogP contribution >= 0.6 is 0 Å². The lowest BCUT2D eigenvalue weighted by Gasteiger charge is -2.54. The Hall–Kier alpha value is -2.25. The number of hydrogen-bond donors (Lipinski definition) is 3. The molecule has 2 aliphatic carbocycles. The highest BCUT2D eigenvalue weighted by atomic mass is 16.8. The van der Waals surface area contributed by atoms with Gasteiger partial charge in [0.15, 0.2) is 5.69 Å². The van der Waals surface area contributed by atoms with Gasteiger partial charge < -0.3 is 15.1 Å². The van der Waals surface area contributed by atoms with Crippen LogP contribution in [0.25, 0.3) is 0 Å². The Morgan fingerprint density at radius 2 is 1.84 bits per heavy atom. The van der Waals surface area contributed by atoms with Gasteiger partial charge in [0.05, 0.1) is 11.0 Å². The lowest BCUT2D eigenvalue weighted by molar-refractivity contribution is -0.991. The van der Waals surface area contributed by atoms with Crippen molar-refractivity contribution >= 4 is 11.7 Å². The number of nitrogens with one attached hydrogen (secondary N) is 1. The number of aliphatic hydroxyl groups is 1. The highest BCUT2D eigenvalue weighted by Crippen LogP contribution is 2.57. The summed E-state index contributed by atoms with van der Waals surface area (Å²) in [5.74, 6) is 0.280. The van der Waals surface area contributed by atoms with Gasteiger partial charge in [0.25, 0.3) is 0 Å². The SMILES string of the molecule is CC(C)(O)c1ccc2c(c1)CCC1C(C)(C(=O)Oc3ccc([NH+]([O-])O)cc3)CCCC21C. The fourth-order valence-electron chi connectivity index (χ4n) is 6.01. The first kappa shape index (κ1) is 22.9. The van der Waals surface area contributed by atoms with Crippen molar-refractivity contribution in [1.29, 1.82) is 0 Å². The number of carbonyl (C=O) groups is 1. The number of carbonyl (C=O) groups excluding carboxylic acids is 1. The maximum Gasteiger partial charge on any atom is 0.317 e. The van der Waals surface area contributed by atoms with Gasteiger partial charge >= 0.3 is 5.97 Å². The maximum atomic E-state index is 13.4. The summed E-state index contributed by atoms with van der Waals surface area (Å²) in [7, 11) is 0. The molecule has 1 fully saturated rings. The van der Waals surface area contributed by atoms with Crippen LogP contribution in [0.2, 0.25) is 0 Å². The van der Waals surface area contributed by atoms with Gasteiger partial charge in [-0.1, -0.05) is 31.5 Å². The summed E-state index contributed by atoms with van der Waals surface area (Å²) in [5.41, 5.74) is 2.00. The summed E-state index contributed by atoms with van der Waals surface area (Å²) in [6.07, 6.45) is 4.49. The third-order valence-electron chi connectivity index (χ3n) is 7.84. The Morgan fingerprint density at radius 1 is 1.16 bits per heavy atom. The second kappa shape index (κ2) is 7.96. The van der Waals surface area contributed by atoms with E-state index in [2.05, 4.69) is 19.1 Å². The Morgan fingerprint density at radius 3 is 2.47 bits per heavy atom. The molecule has 0 saturated heterocycles. The van der Waals surface area contributed by atoms with Crippen LogP contribution in [-0.4, -0.2) is 16.3 Å². The van der Waals surface area contributed by atoms with Crippen LogP contribution in [-0.2, 0) is 22.2 Å². The van der Waals surface area contributed by atoms with Crippen molar-refractivity contribution in [2.45, 2.75) is 70.8 Å². The largest absolute Gasteiger partial charge is 0.595 e. The molecule has 0 spiro atoms. The fourth-order valence-corrected chi connectivity index (χ4v) is 6.01. The number of ether oxygens (including phenoxy) is 1. The van der Waals surface area contributed by atoms with E-state index >= 15 is 0 Å². The van der Waals surface area contributed by atoms with Crippen molar-refractivity contribution in [3.8, 4) is 5.75 Å². The molecular weight excluding hydrogens is 406 g/mol. The van der Waals surface area contributed by atoms with E-state index in [9.17, 15) is 15.1 Å². The topological polar surface area (TPSA) is 94.3 Å². The summed E-state index contributed by atoms with van der Waals surface area (Å²) >= 11 is 0. The molecule has 0 amide bonds. The normalized spacial score (nSPS) is 28.4. The van der Waals surface area contributed by atoms with Crippen molar-refractivity contribution in [2.75, 3.05) is 0 Å². The fraction of sp³-hybridized carbons (Fsp3) is 0.500. The molecule has 0 aromatic heterocycles. The molecule has 0 aliphatic heterocycles. The zero-order chi connectivity index (χ0) is 23.3. The minimum absolute atomic E-state index is 0.134. The van der Waals surface area contributed by atoms with E-state index in [0.717, 1.165) is 37.7 Å². The van der Waals surface area contributed by atoms with Crippen LogP contribution in [0.5, 0.6) is 5.75 Å². The molecule has 6 nitrogen and oxygen atoms in total. The first-order valence-electron chi connectivity index (χ1n) is 11.4. The molecule has 0 heterocycles. The van der Waals surface area contributed by atoms with Crippen molar-refractivity contribution in [1.82, 2.24) is 0 Å². The van der Waals surface area contributed by atoms with E-state index in [-0.39, 0.29) is 23.0 Å². The third kappa shape index (κ3) is 3.86. The number of rotatable bonds is 4. The molecule has 32 heavy (non-hydrogen) atoms. The predicted molar refractivity (Wildman–Crippen MR) is 121 cm³/mol. The molecular formula is C26H33NO5. The monoisotopic (exact) mass is 439 g/mol. The molecule has 0 radical (unpaired) electrons. The number of quaternary nitrogens is 1. The van der Waals surface area contributed by atoms with E-state index in [1.165, 1.54) is 23.3 Å². The Balaban J connectivity index is 1.62. The van der Waals surface area contributed by atoms with Crippen LogP contribution in [0.15, 0.2) is 42.5 Å². The average molecular weight is 440 g/mol. The van der Waals surface area contributed by atoms with Gasteiger partial charge in [0, 0.05) is 12.1 Å². The standard InChI is InChI=1S/C26H33NO5/c1-24(2,29)18-7-12-21-17(16-18)6-13-22-25(21,3)14-5-15-26(22,4)23(28)32-20-10-8-19(9-11-20)27(30)31/h7-12,16,22,27,29-30H,5-6,13-15H2,1-4H3. The second-order valence-electron chi connectivity index (χ2n) is 10.4. The number of esters is 1. The van der Waals surface area contributed by atoms with Crippen molar-refractivity contribution in [3.05, 3.63) is 64.4 Å². The van der Waals surface area contributed by atoms with Crippen LogP contribution < -0.4 is 9.96 Å². The summed E-state index contributed by atoms with van der Waals surface area (Å²) in [5, 5.41) is 29.6. The molecule has 6 heteroatoms. The minimum atomic E-state index is -1.01. The van der Waals surface area contributed by atoms with Crippen LogP contribution in [0, 0.1) is 16.5 Å². The smallest absolute Gasteiger partial charge is 0.317 e. The first-order chi connectivity index (χ1) is 14.9. The molecule has 172 valence electrons. The van der Waals surface area contributed by atoms with Crippen molar-refractivity contribution in [2.24, 2.45) is 11.3 Å². The molecule has 2 aromatic rings. The van der Waals surface area contributed by atoms with Crippen molar-refractivity contribution in [3.63, 3.8) is 0 Å². The lowest BCUT2D eigenvalue weighted by atomic mass is 9.49. The second-order valence-corrected chi connectivity index (χ2v) is 10.4. The molecule has 4 unspecified atom stereocenters. The summed E-state index contributed by atoms with van der Waals surface area (Å²) < 4.78 is 5.77. The van der Waals surface area contributed by atoms with E-state index in [1.54, 1.807) is 26.0 Å². The van der Waals surface area contributed by atoms with E-state index in [1.807, 2.05) is 13.0 Å². The Kier molecular flexibility index (Phi) is 5.70. The zero-order valence-electron chi connectivity index (χ0n) is 19.3. The molecule has 2 aliphatic rings. The number of aryl methyl sites for hydroxylation is 1. The Labute approximate surface area is 189 Å². The summed E-state index contributed by atoms with van der Waals surface area (Å²) in [6, 6.07) is 12.3. The highest BCUT2D eigenvalue weighted by molar-refractivity contribution is 5.80. The highest BCUT2D eigenvalue weighted by Gasteiger charge is 2.56. The van der Waals surface area contributed by atoms with Gasteiger partial charge in [-0.05, 0) is 86.6 Å². The quantitative estimate of drug-likeness (QED) is 0.381. The third-order valence-corrected chi connectivity index (χ3v) is 7.84. The van der Waals surface area contributed by atoms with E-state index < -0.39 is 16.2 Å². The zero-order valence-corrected chi connectivity index (χ0v) is 19.3. The van der Waals surface area contributed by atoms with Gasteiger partial charge in [0.2, 0.25) is 0 Å². The van der Waals surface area contributed by atoms with Crippen LogP contribution in [0.4, 0.5) is 5.69 Å². The minimum Gasteiger partial charge on any atom is -0.595 e. The van der Waals surface area contributed by atoms with E-state index in [0.29, 0.717) is 5.75 Å². The first-order valence-corrected chi connectivity index (χ1v) is 11.4. The van der Waals surface area contributed by atoms with Gasteiger partial charge in [-0.25, -0.2) is 5.21 Å². The number of hydrogen-bond acceptors (Lipinski definition) is 5. The molecule has 4 atom stereocenters. The average Bonchev–Trinajstić information content (AvgIpc) is 2.73. The Bertz CT molecular complexity index is 1010. The van der Waals surface area contributed by atoms with Gasteiger partial charge in [0.1, 0.15) is 5.75 Å². The van der Waals surface area contributed by atoms with Gasteiger partial charge in [-0.2, -0.15) is 5.23 Å². The number of fused-ring (bicyclic) bond motifs is 3. The molecule has 3 N–H and O–H groups in total. The summed E-state index contributed by atoms with van der Waals surface area (Å²) in [4.78, 5) is 13.4. The van der Waals surface area contributed by atoms with Crippen molar-refractivity contribution < 1.29 is 25.1 Å². The van der Waals surface area contributed by atoms with Gasteiger partial charge in [-0.15, -0.1) is 0 Å². The number of benzene rings is 2. The van der Waals surface area contributed by atoms with Crippen LogP contribution in [0.3, 0.4) is 0 Å².